The molecule has 2 rings (SSSR count). The van der Waals surface area contributed by atoms with E-state index in [1.54, 1.807) is 6.08 Å². The highest BCUT2D eigenvalue weighted by Crippen LogP contribution is 2.44. The zero-order valence-electron chi connectivity index (χ0n) is 15.1. The molecule has 0 fully saturated rings. The van der Waals surface area contributed by atoms with Crippen LogP contribution in [0.2, 0.25) is 19.6 Å². The van der Waals surface area contributed by atoms with Crippen LogP contribution in [0.15, 0.2) is 30.9 Å². The number of ether oxygens (including phenoxy) is 2. The van der Waals surface area contributed by atoms with Gasteiger partial charge in [-0.3, -0.25) is 0 Å². The summed E-state index contributed by atoms with van der Waals surface area (Å²) >= 11 is 6.02. The van der Waals surface area contributed by atoms with E-state index in [0.29, 0.717) is 18.9 Å². The first kappa shape index (κ1) is 19.8. The standard InChI is InChI=1S/C19H26ClNO3Si/c1-5-10-22-14-6-7-18-17(11-14)16(8-9-20)19(23-18)12-15(13-21)24-25(2,3)4/h5-7,11,15-16,19H,1,8-10,12H2,2-4H3/t15-,16+,19?/m1/s1. The van der Waals surface area contributed by atoms with Gasteiger partial charge in [0.1, 0.15) is 30.3 Å². The molecule has 1 aliphatic heterocycles. The third kappa shape index (κ3) is 5.50. The number of alkyl halides is 1. The van der Waals surface area contributed by atoms with Crippen molar-refractivity contribution in [3.05, 3.63) is 36.4 Å². The molecular formula is C19H26ClNO3Si. The van der Waals surface area contributed by atoms with Crippen molar-refractivity contribution in [2.45, 2.75) is 50.6 Å². The van der Waals surface area contributed by atoms with Gasteiger partial charge in [0.05, 0.1) is 6.07 Å². The van der Waals surface area contributed by atoms with E-state index in [2.05, 4.69) is 32.3 Å². The second kappa shape index (κ2) is 8.75. The van der Waals surface area contributed by atoms with E-state index in [4.69, 9.17) is 25.5 Å². The van der Waals surface area contributed by atoms with Gasteiger partial charge < -0.3 is 13.9 Å². The second-order valence-corrected chi connectivity index (χ2v) is 12.0. The molecule has 1 unspecified atom stereocenters. The minimum absolute atomic E-state index is 0.107. The van der Waals surface area contributed by atoms with Gasteiger partial charge in [0, 0.05) is 23.8 Å². The number of halogens is 1. The maximum atomic E-state index is 9.46. The number of nitrogens with zero attached hydrogens (tertiary/aromatic N) is 1. The Morgan fingerprint density at radius 1 is 1.44 bits per heavy atom. The number of fused-ring (bicyclic) bond motifs is 1. The van der Waals surface area contributed by atoms with E-state index >= 15 is 0 Å². The molecular weight excluding hydrogens is 354 g/mol. The SMILES string of the molecule is C=CCOc1ccc2c(c1)[C@H](CCCl)C(C[C@H](C#N)O[Si](C)(C)C)O2. The van der Waals surface area contributed by atoms with Crippen molar-refractivity contribution in [2.24, 2.45) is 0 Å². The lowest BCUT2D eigenvalue weighted by molar-refractivity contribution is 0.132. The fourth-order valence-corrected chi connectivity index (χ4v) is 4.29. The summed E-state index contributed by atoms with van der Waals surface area (Å²) in [5.41, 5.74) is 1.09. The molecule has 1 aromatic rings. The lowest BCUT2D eigenvalue weighted by atomic mass is 9.90. The van der Waals surface area contributed by atoms with Crippen LogP contribution in [0.5, 0.6) is 11.5 Å². The highest BCUT2D eigenvalue weighted by Gasteiger charge is 2.37. The average molecular weight is 380 g/mol. The Hall–Kier alpha value is -1.48. The summed E-state index contributed by atoms with van der Waals surface area (Å²) in [6.07, 6.45) is 2.48. The van der Waals surface area contributed by atoms with Gasteiger partial charge in [0.2, 0.25) is 0 Å². The number of rotatable bonds is 9. The molecule has 0 spiro atoms. The molecule has 0 aromatic heterocycles. The van der Waals surface area contributed by atoms with Crippen LogP contribution < -0.4 is 9.47 Å². The highest BCUT2D eigenvalue weighted by molar-refractivity contribution is 6.69. The van der Waals surface area contributed by atoms with Gasteiger partial charge in [0.15, 0.2) is 8.32 Å². The molecule has 0 saturated heterocycles. The molecule has 0 aliphatic carbocycles. The van der Waals surface area contributed by atoms with E-state index in [0.717, 1.165) is 23.5 Å². The molecule has 1 aliphatic rings. The van der Waals surface area contributed by atoms with Gasteiger partial charge in [-0.05, 0) is 44.3 Å². The van der Waals surface area contributed by atoms with E-state index in [-0.39, 0.29) is 12.0 Å². The van der Waals surface area contributed by atoms with Crippen molar-refractivity contribution in [1.82, 2.24) is 0 Å². The third-order valence-electron chi connectivity index (χ3n) is 3.98. The van der Waals surface area contributed by atoms with Gasteiger partial charge >= 0.3 is 0 Å². The van der Waals surface area contributed by atoms with Gasteiger partial charge in [-0.1, -0.05) is 12.7 Å². The van der Waals surface area contributed by atoms with Crippen LogP contribution in [0, 0.1) is 11.3 Å². The zero-order chi connectivity index (χ0) is 18.4. The Labute approximate surface area is 156 Å². The Kier molecular flexibility index (Phi) is 6.94. The topological polar surface area (TPSA) is 51.5 Å². The van der Waals surface area contributed by atoms with E-state index in [1.807, 2.05) is 18.2 Å². The first-order valence-corrected chi connectivity index (χ1v) is 12.5. The quantitative estimate of drug-likeness (QED) is 0.349. The van der Waals surface area contributed by atoms with E-state index < -0.39 is 14.4 Å². The number of benzene rings is 1. The lowest BCUT2D eigenvalue weighted by Crippen LogP contribution is -2.35. The zero-order valence-corrected chi connectivity index (χ0v) is 16.9. The van der Waals surface area contributed by atoms with Crippen molar-refractivity contribution in [1.29, 1.82) is 5.26 Å². The van der Waals surface area contributed by atoms with E-state index in [9.17, 15) is 5.26 Å². The summed E-state index contributed by atoms with van der Waals surface area (Å²) in [6, 6.07) is 8.11. The van der Waals surface area contributed by atoms with E-state index in [1.165, 1.54) is 0 Å². The highest BCUT2D eigenvalue weighted by atomic mass is 35.5. The Morgan fingerprint density at radius 2 is 2.20 bits per heavy atom. The summed E-state index contributed by atoms with van der Waals surface area (Å²) in [4.78, 5) is 0. The third-order valence-corrected chi connectivity index (χ3v) is 5.19. The normalized spacial score (nSPS) is 20.3. The summed E-state index contributed by atoms with van der Waals surface area (Å²) in [5.74, 6) is 2.31. The molecule has 136 valence electrons. The minimum Gasteiger partial charge on any atom is -0.490 e. The molecule has 6 heteroatoms. The first-order chi connectivity index (χ1) is 11.9. The predicted octanol–water partition coefficient (Wildman–Crippen LogP) is 4.86. The molecule has 0 bridgehead atoms. The molecule has 1 aromatic carbocycles. The summed E-state index contributed by atoms with van der Waals surface area (Å²) in [7, 11) is -1.79. The van der Waals surface area contributed by atoms with Crippen LogP contribution in [-0.4, -0.2) is 33.0 Å². The Morgan fingerprint density at radius 3 is 2.80 bits per heavy atom. The van der Waals surface area contributed by atoms with Crippen LogP contribution in [0.3, 0.4) is 0 Å². The monoisotopic (exact) mass is 379 g/mol. The Bertz CT molecular complexity index is 639. The number of hydrogen-bond acceptors (Lipinski definition) is 4. The van der Waals surface area contributed by atoms with Gasteiger partial charge in [-0.2, -0.15) is 5.26 Å². The van der Waals surface area contributed by atoms with Crippen LogP contribution in [0.25, 0.3) is 0 Å². The summed E-state index contributed by atoms with van der Waals surface area (Å²) in [5, 5.41) is 9.46. The average Bonchev–Trinajstić information content (AvgIpc) is 2.88. The molecule has 3 atom stereocenters. The van der Waals surface area contributed by atoms with Gasteiger partial charge in [0.25, 0.3) is 0 Å². The maximum Gasteiger partial charge on any atom is 0.185 e. The maximum absolute atomic E-state index is 9.46. The second-order valence-electron chi connectivity index (χ2n) is 7.12. The van der Waals surface area contributed by atoms with Crippen LogP contribution in [0.1, 0.15) is 24.3 Å². The minimum atomic E-state index is -1.79. The first-order valence-electron chi connectivity index (χ1n) is 8.55. The molecule has 0 saturated carbocycles. The molecule has 4 nitrogen and oxygen atoms in total. The van der Waals surface area contributed by atoms with Crippen molar-refractivity contribution in [3.63, 3.8) is 0 Å². The van der Waals surface area contributed by atoms with Crippen molar-refractivity contribution >= 4 is 19.9 Å². The number of nitriles is 1. The molecule has 0 radical (unpaired) electrons. The summed E-state index contributed by atoms with van der Waals surface area (Å²) in [6.45, 7) is 10.4. The fourth-order valence-electron chi connectivity index (χ4n) is 3.05. The largest absolute Gasteiger partial charge is 0.490 e. The molecule has 25 heavy (non-hydrogen) atoms. The van der Waals surface area contributed by atoms with Crippen molar-refractivity contribution < 1.29 is 13.9 Å². The van der Waals surface area contributed by atoms with Gasteiger partial charge in [-0.25, -0.2) is 0 Å². The van der Waals surface area contributed by atoms with Crippen LogP contribution >= 0.6 is 11.6 Å². The molecule has 1 heterocycles. The predicted molar refractivity (Wildman–Crippen MR) is 103 cm³/mol. The lowest BCUT2D eigenvalue weighted by Gasteiger charge is -2.25. The smallest absolute Gasteiger partial charge is 0.185 e. The van der Waals surface area contributed by atoms with Crippen molar-refractivity contribution in [3.8, 4) is 17.6 Å². The molecule has 0 N–H and O–H groups in total. The van der Waals surface area contributed by atoms with Gasteiger partial charge in [-0.15, -0.1) is 11.6 Å². The Balaban J connectivity index is 2.17. The molecule has 0 amide bonds. The number of hydrogen-bond donors (Lipinski definition) is 0. The summed E-state index contributed by atoms with van der Waals surface area (Å²) < 4.78 is 17.7. The fraction of sp³-hybridized carbons (Fsp3) is 0.526. The van der Waals surface area contributed by atoms with Crippen LogP contribution in [-0.2, 0) is 4.43 Å². The van der Waals surface area contributed by atoms with Crippen LogP contribution in [0.4, 0.5) is 0 Å². The van der Waals surface area contributed by atoms with Crippen molar-refractivity contribution in [2.75, 3.05) is 12.5 Å².